The zero-order valence-electron chi connectivity index (χ0n) is 16.7. The zero-order valence-corrected chi connectivity index (χ0v) is 17.6. The largest absolute Gasteiger partial charge is 0.361 e. The van der Waals surface area contributed by atoms with Crippen molar-refractivity contribution in [1.82, 2.24) is 10.3 Å². The molecular formula is C26H22N2OS. The molecule has 2 aromatic heterocycles. The van der Waals surface area contributed by atoms with Crippen LogP contribution in [0.5, 0.6) is 0 Å². The number of amides is 1. The number of aromatic nitrogens is 1. The molecule has 2 heterocycles. The Kier molecular flexibility index (Phi) is 4.85. The number of carbonyl (C=O) groups excluding carboxylic acids is 1. The molecule has 0 atom stereocenters. The van der Waals surface area contributed by atoms with E-state index in [9.17, 15) is 4.79 Å². The molecule has 5 aromatic rings. The van der Waals surface area contributed by atoms with Crippen molar-refractivity contribution in [1.29, 1.82) is 0 Å². The van der Waals surface area contributed by atoms with Crippen LogP contribution in [0, 0.1) is 6.92 Å². The van der Waals surface area contributed by atoms with Crippen molar-refractivity contribution in [2.75, 3.05) is 6.54 Å². The van der Waals surface area contributed by atoms with Crippen LogP contribution in [-0.4, -0.2) is 17.4 Å². The molecule has 0 unspecified atom stereocenters. The number of hydrogen-bond donors (Lipinski definition) is 2. The third kappa shape index (κ3) is 3.51. The van der Waals surface area contributed by atoms with Crippen LogP contribution in [0.2, 0.25) is 0 Å². The standard InChI is InChI=1S/C26H22N2OS/c1-17-6-8-18(9-7-17)23-14-20(15-25-22(23)11-13-30-25)26(29)27-12-10-19-16-28-24-5-3-2-4-21(19)24/h2-9,11,13-16,28H,10,12H2,1H3,(H,27,29). The van der Waals surface area contributed by atoms with Crippen molar-refractivity contribution < 1.29 is 4.79 Å². The second-order valence-corrected chi connectivity index (χ2v) is 8.54. The highest BCUT2D eigenvalue weighted by Gasteiger charge is 2.13. The number of H-pyrrole nitrogens is 1. The van der Waals surface area contributed by atoms with E-state index in [1.165, 1.54) is 21.9 Å². The van der Waals surface area contributed by atoms with Gasteiger partial charge in [0.1, 0.15) is 0 Å². The van der Waals surface area contributed by atoms with E-state index in [1.54, 1.807) is 11.3 Å². The second-order valence-electron chi connectivity index (χ2n) is 7.59. The maximum absolute atomic E-state index is 12.9. The summed E-state index contributed by atoms with van der Waals surface area (Å²) >= 11 is 1.67. The van der Waals surface area contributed by atoms with Crippen LogP contribution in [0.25, 0.3) is 32.1 Å². The summed E-state index contributed by atoms with van der Waals surface area (Å²) < 4.78 is 1.13. The van der Waals surface area contributed by atoms with Gasteiger partial charge in [-0.05, 0) is 59.7 Å². The molecule has 3 aromatic carbocycles. The lowest BCUT2D eigenvalue weighted by molar-refractivity contribution is 0.0954. The monoisotopic (exact) mass is 410 g/mol. The van der Waals surface area contributed by atoms with Crippen LogP contribution >= 0.6 is 11.3 Å². The van der Waals surface area contributed by atoms with Crippen molar-refractivity contribution in [3.05, 3.63) is 95.0 Å². The summed E-state index contributed by atoms with van der Waals surface area (Å²) in [6.07, 6.45) is 2.83. The van der Waals surface area contributed by atoms with Crippen LogP contribution in [0.3, 0.4) is 0 Å². The molecule has 0 aliphatic carbocycles. The van der Waals surface area contributed by atoms with E-state index in [-0.39, 0.29) is 5.91 Å². The number of aryl methyl sites for hydroxylation is 1. The lowest BCUT2D eigenvalue weighted by Gasteiger charge is -2.10. The smallest absolute Gasteiger partial charge is 0.251 e. The summed E-state index contributed by atoms with van der Waals surface area (Å²) in [7, 11) is 0. The molecule has 2 N–H and O–H groups in total. The van der Waals surface area contributed by atoms with Gasteiger partial charge in [0.05, 0.1) is 0 Å². The Hall–Kier alpha value is -3.37. The average molecular weight is 411 g/mol. The first-order valence-corrected chi connectivity index (χ1v) is 11.0. The number of thiophene rings is 1. The molecule has 0 saturated heterocycles. The van der Waals surface area contributed by atoms with Crippen LogP contribution in [0.15, 0.2) is 78.3 Å². The number of hydrogen-bond acceptors (Lipinski definition) is 2. The van der Waals surface area contributed by atoms with Gasteiger partial charge in [0.25, 0.3) is 5.91 Å². The normalized spacial score (nSPS) is 11.2. The minimum Gasteiger partial charge on any atom is -0.361 e. The van der Waals surface area contributed by atoms with E-state index < -0.39 is 0 Å². The molecule has 30 heavy (non-hydrogen) atoms. The molecule has 0 fully saturated rings. The van der Waals surface area contributed by atoms with Gasteiger partial charge in [0.15, 0.2) is 0 Å². The molecule has 0 spiro atoms. The van der Waals surface area contributed by atoms with Crippen LogP contribution < -0.4 is 5.32 Å². The Morgan fingerprint density at radius 2 is 1.83 bits per heavy atom. The highest BCUT2D eigenvalue weighted by Crippen LogP contribution is 2.33. The lowest BCUT2D eigenvalue weighted by atomic mass is 9.98. The number of benzene rings is 3. The Labute approximate surface area is 179 Å². The summed E-state index contributed by atoms with van der Waals surface area (Å²) in [5.41, 5.74) is 6.53. The Bertz CT molecular complexity index is 1340. The van der Waals surface area contributed by atoms with Crippen molar-refractivity contribution >= 4 is 38.2 Å². The predicted octanol–water partition coefficient (Wildman–Crippen LogP) is 6.33. The first-order chi connectivity index (χ1) is 14.7. The van der Waals surface area contributed by atoms with E-state index >= 15 is 0 Å². The second kappa shape index (κ2) is 7.81. The van der Waals surface area contributed by atoms with E-state index in [0.29, 0.717) is 12.1 Å². The van der Waals surface area contributed by atoms with Gasteiger partial charge in [-0.3, -0.25) is 4.79 Å². The summed E-state index contributed by atoms with van der Waals surface area (Å²) in [6, 6.07) is 22.9. The highest BCUT2D eigenvalue weighted by atomic mass is 32.1. The average Bonchev–Trinajstić information content (AvgIpc) is 3.41. The van der Waals surface area contributed by atoms with E-state index in [1.807, 2.05) is 30.5 Å². The van der Waals surface area contributed by atoms with E-state index in [4.69, 9.17) is 0 Å². The number of para-hydroxylation sites is 1. The molecule has 0 saturated carbocycles. The van der Waals surface area contributed by atoms with Gasteiger partial charge in [-0.25, -0.2) is 0 Å². The summed E-state index contributed by atoms with van der Waals surface area (Å²) in [5, 5.41) is 7.59. The molecule has 0 aliphatic heterocycles. The Morgan fingerprint density at radius 1 is 1.00 bits per heavy atom. The van der Waals surface area contributed by atoms with Crippen LogP contribution in [0.1, 0.15) is 21.5 Å². The van der Waals surface area contributed by atoms with E-state index in [2.05, 4.69) is 65.1 Å². The fourth-order valence-corrected chi connectivity index (χ4v) is 4.78. The number of aromatic amines is 1. The third-order valence-electron chi connectivity index (χ3n) is 5.55. The molecule has 0 aliphatic rings. The first kappa shape index (κ1) is 18.6. The van der Waals surface area contributed by atoms with Crippen LogP contribution in [0.4, 0.5) is 0 Å². The van der Waals surface area contributed by atoms with Crippen molar-refractivity contribution in [3.8, 4) is 11.1 Å². The number of rotatable bonds is 5. The quantitative estimate of drug-likeness (QED) is 0.349. The molecule has 0 bridgehead atoms. The molecule has 1 amide bonds. The van der Waals surface area contributed by atoms with Gasteiger partial charge < -0.3 is 10.3 Å². The van der Waals surface area contributed by atoms with Gasteiger partial charge in [-0.15, -0.1) is 11.3 Å². The minimum absolute atomic E-state index is 0.0292. The minimum atomic E-state index is -0.0292. The summed E-state index contributed by atoms with van der Waals surface area (Å²) in [5.74, 6) is -0.0292. The van der Waals surface area contributed by atoms with Crippen molar-refractivity contribution in [2.24, 2.45) is 0 Å². The highest BCUT2D eigenvalue weighted by molar-refractivity contribution is 7.17. The van der Waals surface area contributed by atoms with Crippen LogP contribution in [-0.2, 0) is 6.42 Å². The molecule has 3 nitrogen and oxygen atoms in total. The summed E-state index contributed by atoms with van der Waals surface area (Å²) in [6.45, 7) is 2.69. The summed E-state index contributed by atoms with van der Waals surface area (Å²) in [4.78, 5) is 16.2. The van der Waals surface area contributed by atoms with E-state index in [0.717, 1.165) is 27.8 Å². The molecule has 4 heteroatoms. The fraction of sp³-hybridized carbons (Fsp3) is 0.115. The van der Waals surface area contributed by atoms with Gasteiger partial charge >= 0.3 is 0 Å². The topological polar surface area (TPSA) is 44.9 Å². The Morgan fingerprint density at radius 3 is 2.70 bits per heavy atom. The SMILES string of the molecule is Cc1ccc(-c2cc(C(=O)NCCc3c[nH]c4ccccc34)cc3sccc23)cc1. The lowest BCUT2D eigenvalue weighted by Crippen LogP contribution is -2.25. The number of nitrogens with one attached hydrogen (secondary N) is 2. The Balaban J connectivity index is 1.37. The zero-order chi connectivity index (χ0) is 20.5. The van der Waals surface area contributed by atoms with Gasteiger partial charge in [-0.1, -0.05) is 48.0 Å². The molecular weight excluding hydrogens is 388 g/mol. The van der Waals surface area contributed by atoms with Gasteiger partial charge in [0, 0.05) is 39.3 Å². The number of carbonyl (C=O) groups is 1. The molecule has 0 radical (unpaired) electrons. The maximum atomic E-state index is 12.9. The first-order valence-electron chi connectivity index (χ1n) is 10.1. The molecule has 148 valence electrons. The third-order valence-corrected chi connectivity index (χ3v) is 6.42. The number of fused-ring (bicyclic) bond motifs is 2. The molecule has 5 rings (SSSR count). The van der Waals surface area contributed by atoms with Gasteiger partial charge in [-0.2, -0.15) is 0 Å². The fourth-order valence-electron chi connectivity index (χ4n) is 3.93. The maximum Gasteiger partial charge on any atom is 0.251 e. The van der Waals surface area contributed by atoms with Crippen molar-refractivity contribution in [3.63, 3.8) is 0 Å². The predicted molar refractivity (Wildman–Crippen MR) is 126 cm³/mol. The van der Waals surface area contributed by atoms with Crippen molar-refractivity contribution in [2.45, 2.75) is 13.3 Å². The van der Waals surface area contributed by atoms with Gasteiger partial charge in [0.2, 0.25) is 0 Å².